The summed E-state index contributed by atoms with van der Waals surface area (Å²) in [7, 11) is 1.99. The Hall–Kier alpha value is -1.27. The molecule has 6 heteroatoms. The molecule has 0 radical (unpaired) electrons. The number of pyridine rings is 1. The molecule has 0 aliphatic carbocycles. The molecule has 4 nitrogen and oxygen atoms in total. The molecular weight excluding hydrogens is 228 g/mol. The van der Waals surface area contributed by atoms with Crippen molar-refractivity contribution in [3.8, 4) is 0 Å². The van der Waals surface area contributed by atoms with E-state index in [4.69, 9.17) is 12.2 Å². The van der Waals surface area contributed by atoms with Crippen LogP contribution in [0.15, 0.2) is 24.5 Å². The standard InChI is InChI=1S/C9H10N4S2/c1-13(8-11-12-9(14)15-8)6-7-2-4-10-5-3-7/h2-5H,6H2,1H3,(H,12,14). The average molecular weight is 238 g/mol. The largest absolute Gasteiger partial charge is 0.345 e. The van der Waals surface area contributed by atoms with E-state index in [2.05, 4.69) is 15.2 Å². The number of nitrogens with one attached hydrogen (secondary N) is 1. The Bertz CT molecular complexity index is 476. The number of rotatable bonds is 3. The van der Waals surface area contributed by atoms with Crippen LogP contribution in [0.5, 0.6) is 0 Å². The summed E-state index contributed by atoms with van der Waals surface area (Å²) in [6.45, 7) is 0.804. The summed E-state index contributed by atoms with van der Waals surface area (Å²) in [5.41, 5.74) is 1.20. The van der Waals surface area contributed by atoms with Crippen LogP contribution in [0.2, 0.25) is 0 Å². The van der Waals surface area contributed by atoms with E-state index in [1.807, 2.05) is 24.1 Å². The van der Waals surface area contributed by atoms with E-state index in [1.54, 1.807) is 12.4 Å². The Morgan fingerprint density at radius 1 is 1.47 bits per heavy atom. The fourth-order valence-electron chi connectivity index (χ4n) is 1.21. The molecule has 0 aromatic carbocycles. The Kier molecular flexibility index (Phi) is 3.08. The van der Waals surface area contributed by atoms with Crippen molar-refractivity contribution in [3.63, 3.8) is 0 Å². The molecule has 2 rings (SSSR count). The highest BCUT2D eigenvalue weighted by atomic mass is 32.1. The van der Waals surface area contributed by atoms with Crippen molar-refractivity contribution in [3.05, 3.63) is 34.0 Å². The fourth-order valence-corrected chi connectivity index (χ4v) is 2.05. The lowest BCUT2D eigenvalue weighted by atomic mass is 10.2. The number of anilines is 1. The zero-order valence-electron chi connectivity index (χ0n) is 8.17. The molecule has 0 bridgehead atoms. The SMILES string of the molecule is CN(Cc1ccncc1)c1n[nH]c(=S)s1. The number of nitrogens with zero attached hydrogens (tertiary/aromatic N) is 3. The second kappa shape index (κ2) is 4.50. The molecule has 0 aliphatic rings. The van der Waals surface area contributed by atoms with Gasteiger partial charge in [-0.05, 0) is 29.9 Å². The normalized spacial score (nSPS) is 10.2. The van der Waals surface area contributed by atoms with Crippen LogP contribution in [0.1, 0.15) is 5.56 Å². The number of hydrogen-bond acceptors (Lipinski definition) is 5. The fraction of sp³-hybridized carbons (Fsp3) is 0.222. The lowest BCUT2D eigenvalue weighted by Gasteiger charge is -2.14. The first-order valence-electron chi connectivity index (χ1n) is 4.41. The van der Waals surface area contributed by atoms with Gasteiger partial charge in [-0.3, -0.25) is 10.1 Å². The zero-order valence-corrected chi connectivity index (χ0v) is 9.81. The molecule has 78 valence electrons. The molecule has 2 aromatic heterocycles. The van der Waals surface area contributed by atoms with Crippen molar-refractivity contribution in [2.75, 3.05) is 11.9 Å². The van der Waals surface area contributed by atoms with E-state index in [1.165, 1.54) is 16.9 Å². The molecule has 2 heterocycles. The van der Waals surface area contributed by atoms with Crippen molar-refractivity contribution in [1.82, 2.24) is 15.2 Å². The molecule has 0 unspecified atom stereocenters. The van der Waals surface area contributed by atoms with Gasteiger partial charge in [-0.2, -0.15) is 0 Å². The predicted molar refractivity (Wildman–Crippen MR) is 63.6 cm³/mol. The van der Waals surface area contributed by atoms with Crippen LogP contribution in [0.3, 0.4) is 0 Å². The molecule has 0 aliphatic heterocycles. The lowest BCUT2D eigenvalue weighted by molar-refractivity contribution is 0.890. The van der Waals surface area contributed by atoms with Gasteiger partial charge in [0, 0.05) is 26.0 Å². The smallest absolute Gasteiger partial charge is 0.206 e. The molecule has 15 heavy (non-hydrogen) atoms. The number of H-pyrrole nitrogens is 1. The maximum Gasteiger partial charge on any atom is 0.206 e. The van der Waals surface area contributed by atoms with Gasteiger partial charge in [0.1, 0.15) is 0 Å². The summed E-state index contributed by atoms with van der Waals surface area (Å²) < 4.78 is 0.701. The molecule has 1 N–H and O–H groups in total. The Balaban J connectivity index is 2.10. The van der Waals surface area contributed by atoms with E-state index < -0.39 is 0 Å². The van der Waals surface area contributed by atoms with Gasteiger partial charge in [0.15, 0.2) is 3.95 Å². The van der Waals surface area contributed by atoms with Gasteiger partial charge < -0.3 is 4.90 Å². The summed E-state index contributed by atoms with van der Waals surface area (Å²) in [4.78, 5) is 6.02. The van der Waals surface area contributed by atoms with Gasteiger partial charge in [0.25, 0.3) is 0 Å². The maximum atomic E-state index is 4.98. The van der Waals surface area contributed by atoms with E-state index in [0.29, 0.717) is 3.95 Å². The Labute approximate surface area is 96.6 Å². The monoisotopic (exact) mass is 238 g/mol. The third kappa shape index (κ3) is 2.60. The van der Waals surface area contributed by atoms with Crippen molar-refractivity contribution in [2.24, 2.45) is 0 Å². The van der Waals surface area contributed by atoms with E-state index in [-0.39, 0.29) is 0 Å². The maximum absolute atomic E-state index is 4.98. The predicted octanol–water partition coefficient (Wildman–Crippen LogP) is 2.23. The number of aromatic nitrogens is 3. The minimum absolute atomic E-state index is 0.701. The summed E-state index contributed by atoms with van der Waals surface area (Å²) >= 11 is 6.45. The molecule has 0 amide bonds. The highest BCUT2D eigenvalue weighted by molar-refractivity contribution is 7.73. The molecule has 0 fully saturated rings. The average Bonchev–Trinajstić information content (AvgIpc) is 2.66. The molecule has 0 saturated carbocycles. The first kappa shape index (κ1) is 10.3. The topological polar surface area (TPSA) is 44.8 Å². The molecule has 2 aromatic rings. The summed E-state index contributed by atoms with van der Waals surface area (Å²) in [5, 5.41) is 7.78. The summed E-state index contributed by atoms with van der Waals surface area (Å²) in [6.07, 6.45) is 3.57. The second-order valence-electron chi connectivity index (χ2n) is 3.11. The first-order chi connectivity index (χ1) is 7.25. The Morgan fingerprint density at radius 2 is 2.20 bits per heavy atom. The molecular formula is C9H10N4S2. The van der Waals surface area contributed by atoms with Crippen LogP contribution in [0.25, 0.3) is 0 Å². The Morgan fingerprint density at radius 3 is 2.80 bits per heavy atom. The van der Waals surface area contributed by atoms with Gasteiger partial charge in [-0.1, -0.05) is 11.3 Å². The molecule has 0 spiro atoms. The van der Waals surface area contributed by atoms with Gasteiger partial charge in [0.05, 0.1) is 0 Å². The van der Waals surface area contributed by atoms with E-state index in [0.717, 1.165) is 11.7 Å². The third-order valence-corrected chi connectivity index (χ3v) is 3.13. The minimum atomic E-state index is 0.701. The lowest BCUT2D eigenvalue weighted by Crippen LogP contribution is -2.15. The van der Waals surface area contributed by atoms with Crippen LogP contribution < -0.4 is 4.90 Å². The second-order valence-corrected chi connectivity index (χ2v) is 4.75. The van der Waals surface area contributed by atoms with Crippen molar-refractivity contribution < 1.29 is 0 Å². The minimum Gasteiger partial charge on any atom is -0.345 e. The van der Waals surface area contributed by atoms with Crippen LogP contribution in [-0.2, 0) is 6.54 Å². The van der Waals surface area contributed by atoms with Gasteiger partial charge >= 0.3 is 0 Å². The summed E-state index contributed by atoms with van der Waals surface area (Å²) in [5.74, 6) is 0. The number of aromatic amines is 1. The van der Waals surface area contributed by atoms with Crippen LogP contribution in [0.4, 0.5) is 5.13 Å². The van der Waals surface area contributed by atoms with Gasteiger partial charge in [-0.25, -0.2) is 0 Å². The van der Waals surface area contributed by atoms with E-state index >= 15 is 0 Å². The van der Waals surface area contributed by atoms with Gasteiger partial charge in [0.2, 0.25) is 5.13 Å². The summed E-state index contributed by atoms with van der Waals surface area (Å²) in [6, 6.07) is 3.98. The quantitative estimate of drug-likeness (QED) is 0.833. The number of hydrogen-bond donors (Lipinski definition) is 1. The van der Waals surface area contributed by atoms with Crippen molar-refractivity contribution in [2.45, 2.75) is 6.54 Å². The van der Waals surface area contributed by atoms with E-state index in [9.17, 15) is 0 Å². The van der Waals surface area contributed by atoms with Crippen molar-refractivity contribution >= 4 is 28.7 Å². The highest BCUT2D eigenvalue weighted by Crippen LogP contribution is 2.17. The van der Waals surface area contributed by atoms with Crippen LogP contribution >= 0.6 is 23.6 Å². The van der Waals surface area contributed by atoms with Crippen LogP contribution in [-0.4, -0.2) is 22.2 Å². The van der Waals surface area contributed by atoms with Crippen LogP contribution in [0, 0.1) is 3.95 Å². The van der Waals surface area contributed by atoms with Crippen molar-refractivity contribution in [1.29, 1.82) is 0 Å². The molecule has 0 atom stereocenters. The zero-order chi connectivity index (χ0) is 10.7. The van der Waals surface area contributed by atoms with Gasteiger partial charge in [-0.15, -0.1) is 5.10 Å². The first-order valence-corrected chi connectivity index (χ1v) is 5.64. The third-order valence-electron chi connectivity index (χ3n) is 1.92. The highest BCUT2D eigenvalue weighted by Gasteiger charge is 2.05. The molecule has 0 saturated heterocycles.